The van der Waals surface area contributed by atoms with Crippen molar-refractivity contribution in [2.45, 2.75) is 6.42 Å². The molecule has 0 radical (unpaired) electrons. The molecule has 0 aliphatic heterocycles. The number of hydrogen-bond donors (Lipinski definition) is 2. The van der Waals surface area contributed by atoms with Crippen molar-refractivity contribution in [3.63, 3.8) is 0 Å². The number of halogens is 1. The summed E-state index contributed by atoms with van der Waals surface area (Å²) in [7, 11) is 0. The van der Waals surface area contributed by atoms with E-state index in [0.29, 0.717) is 6.42 Å². The standard InChI is InChI=1S/C16H13FN4O3S/c17-11-3-1-10(2-4-11)16-19-12(9-25-16)5-7-18-14(22)15(23)20-13-6-8-24-21-13/h1-4,6,8-9H,5,7H2,(H,18,22)(H,20,21,23). The van der Waals surface area contributed by atoms with E-state index in [1.165, 1.54) is 35.8 Å². The smallest absolute Gasteiger partial charge is 0.314 e. The average molecular weight is 360 g/mol. The van der Waals surface area contributed by atoms with E-state index < -0.39 is 11.8 Å². The largest absolute Gasteiger partial charge is 0.363 e. The van der Waals surface area contributed by atoms with Gasteiger partial charge in [-0.05, 0) is 24.3 Å². The van der Waals surface area contributed by atoms with E-state index in [9.17, 15) is 14.0 Å². The van der Waals surface area contributed by atoms with Gasteiger partial charge in [-0.15, -0.1) is 11.3 Å². The van der Waals surface area contributed by atoms with Crippen LogP contribution in [0.3, 0.4) is 0 Å². The first-order valence-corrected chi connectivity index (χ1v) is 8.19. The molecule has 3 aromatic rings. The van der Waals surface area contributed by atoms with Crippen LogP contribution >= 0.6 is 11.3 Å². The molecule has 128 valence electrons. The Morgan fingerprint density at radius 2 is 1.96 bits per heavy atom. The third-order valence-corrected chi connectivity index (χ3v) is 4.14. The summed E-state index contributed by atoms with van der Waals surface area (Å²) in [6, 6.07) is 7.51. The lowest BCUT2D eigenvalue weighted by molar-refractivity contribution is -0.136. The van der Waals surface area contributed by atoms with Crippen molar-refractivity contribution < 1.29 is 18.5 Å². The zero-order chi connectivity index (χ0) is 17.6. The van der Waals surface area contributed by atoms with Crippen molar-refractivity contribution in [2.75, 3.05) is 11.9 Å². The van der Waals surface area contributed by atoms with Crippen molar-refractivity contribution in [2.24, 2.45) is 0 Å². The normalized spacial score (nSPS) is 10.4. The van der Waals surface area contributed by atoms with Gasteiger partial charge in [0.1, 0.15) is 17.1 Å². The third kappa shape index (κ3) is 4.48. The Balaban J connectivity index is 1.48. The lowest BCUT2D eigenvalue weighted by Crippen LogP contribution is -2.36. The lowest BCUT2D eigenvalue weighted by atomic mass is 10.2. The Labute approximate surface area is 145 Å². The Hall–Kier alpha value is -3.07. The molecule has 0 spiro atoms. The van der Waals surface area contributed by atoms with Gasteiger partial charge in [0.15, 0.2) is 5.82 Å². The maximum Gasteiger partial charge on any atom is 0.314 e. The number of anilines is 1. The van der Waals surface area contributed by atoms with Crippen molar-refractivity contribution in [3.8, 4) is 10.6 Å². The molecular weight excluding hydrogens is 347 g/mol. The van der Waals surface area contributed by atoms with Crippen LogP contribution < -0.4 is 10.6 Å². The van der Waals surface area contributed by atoms with Crippen molar-refractivity contribution in [1.82, 2.24) is 15.5 Å². The fourth-order valence-electron chi connectivity index (χ4n) is 1.98. The molecule has 25 heavy (non-hydrogen) atoms. The average Bonchev–Trinajstić information content (AvgIpc) is 3.27. The number of carbonyl (C=O) groups excluding carboxylic acids is 2. The van der Waals surface area contributed by atoms with E-state index in [1.807, 2.05) is 5.38 Å². The highest BCUT2D eigenvalue weighted by atomic mass is 32.1. The number of thiazole rings is 1. The summed E-state index contributed by atoms with van der Waals surface area (Å²) in [5.41, 5.74) is 1.61. The Kier molecular flexibility index (Phi) is 5.14. The summed E-state index contributed by atoms with van der Waals surface area (Å²) in [6.07, 6.45) is 1.76. The van der Waals surface area contributed by atoms with Gasteiger partial charge in [0.2, 0.25) is 0 Å². The third-order valence-electron chi connectivity index (χ3n) is 3.20. The highest BCUT2D eigenvalue weighted by molar-refractivity contribution is 7.13. The maximum absolute atomic E-state index is 12.9. The van der Waals surface area contributed by atoms with Crippen molar-refractivity contribution in [1.29, 1.82) is 0 Å². The first kappa shape index (κ1) is 16.8. The van der Waals surface area contributed by atoms with Gasteiger partial charge in [-0.25, -0.2) is 9.37 Å². The zero-order valence-corrected chi connectivity index (χ0v) is 13.7. The van der Waals surface area contributed by atoms with Gasteiger partial charge in [-0.1, -0.05) is 5.16 Å². The van der Waals surface area contributed by atoms with Gasteiger partial charge in [0, 0.05) is 30.0 Å². The SMILES string of the molecule is O=C(NCCc1csc(-c2ccc(F)cc2)n1)C(=O)Nc1ccon1. The van der Waals surface area contributed by atoms with E-state index in [0.717, 1.165) is 16.3 Å². The molecule has 2 N–H and O–H groups in total. The van der Waals surface area contributed by atoms with E-state index in [4.69, 9.17) is 0 Å². The summed E-state index contributed by atoms with van der Waals surface area (Å²) >= 11 is 1.43. The fourth-order valence-corrected chi connectivity index (χ4v) is 2.84. The molecule has 9 heteroatoms. The summed E-state index contributed by atoms with van der Waals surface area (Å²) < 4.78 is 17.5. The van der Waals surface area contributed by atoms with Crippen LogP contribution in [0.5, 0.6) is 0 Å². The van der Waals surface area contributed by atoms with E-state index in [2.05, 4.69) is 25.3 Å². The van der Waals surface area contributed by atoms with Gasteiger partial charge in [-0.3, -0.25) is 14.9 Å². The summed E-state index contributed by atoms with van der Waals surface area (Å²) in [4.78, 5) is 27.7. The van der Waals surface area contributed by atoms with Crippen LogP contribution in [0.2, 0.25) is 0 Å². The molecule has 2 aromatic heterocycles. The Morgan fingerprint density at radius 1 is 1.16 bits per heavy atom. The summed E-state index contributed by atoms with van der Waals surface area (Å²) in [5.74, 6) is -1.72. The molecular formula is C16H13FN4O3S. The molecule has 0 saturated carbocycles. The number of carbonyl (C=O) groups is 2. The van der Waals surface area contributed by atoms with Gasteiger partial charge in [0.25, 0.3) is 0 Å². The molecule has 0 atom stereocenters. The topological polar surface area (TPSA) is 97.1 Å². The van der Waals surface area contributed by atoms with Gasteiger partial charge in [-0.2, -0.15) is 0 Å². The fraction of sp³-hybridized carbons (Fsp3) is 0.125. The minimum absolute atomic E-state index is 0.170. The number of amides is 2. The Bertz CT molecular complexity index is 862. The molecule has 7 nitrogen and oxygen atoms in total. The quantitative estimate of drug-likeness (QED) is 0.680. The number of rotatable bonds is 5. The van der Waals surface area contributed by atoms with Gasteiger partial charge < -0.3 is 9.84 Å². The van der Waals surface area contributed by atoms with Crippen LogP contribution in [-0.2, 0) is 16.0 Å². The van der Waals surface area contributed by atoms with E-state index in [1.54, 1.807) is 12.1 Å². The predicted molar refractivity (Wildman–Crippen MR) is 89.4 cm³/mol. The maximum atomic E-state index is 12.9. The first-order valence-electron chi connectivity index (χ1n) is 7.32. The molecule has 1 aromatic carbocycles. The van der Waals surface area contributed by atoms with Crippen LogP contribution in [0.1, 0.15) is 5.69 Å². The van der Waals surface area contributed by atoms with Crippen LogP contribution in [-0.4, -0.2) is 28.5 Å². The second-order valence-corrected chi connectivity index (χ2v) is 5.85. The zero-order valence-electron chi connectivity index (χ0n) is 12.9. The minimum Gasteiger partial charge on any atom is -0.363 e. The first-order chi connectivity index (χ1) is 12.1. The number of nitrogens with zero attached hydrogens (tertiary/aromatic N) is 2. The van der Waals surface area contributed by atoms with Gasteiger partial charge >= 0.3 is 11.8 Å². The molecule has 0 unspecified atom stereocenters. The molecule has 0 saturated heterocycles. The van der Waals surface area contributed by atoms with Crippen LogP contribution in [0, 0.1) is 5.82 Å². The lowest BCUT2D eigenvalue weighted by Gasteiger charge is -2.03. The number of benzene rings is 1. The molecule has 3 rings (SSSR count). The number of hydrogen-bond acceptors (Lipinski definition) is 6. The van der Waals surface area contributed by atoms with Crippen LogP contribution in [0.15, 0.2) is 46.5 Å². The van der Waals surface area contributed by atoms with Gasteiger partial charge in [0.05, 0.1) is 5.69 Å². The second-order valence-electron chi connectivity index (χ2n) is 5.00. The van der Waals surface area contributed by atoms with E-state index in [-0.39, 0.29) is 18.2 Å². The summed E-state index contributed by atoms with van der Waals surface area (Å²) in [6.45, 7) is 0.262. The van der Waals surface area contributed by atoms with Crippen molar-refractivity contribution in [3.05, 3.63) is 53.5 Å². The Morgan fingerprint density at radius 3 is 2.68 bits per heavy atom. The number of aromatic nitrogens is 2. The van der Waals surface area contributed by atoms with Crippen molar-refractivity contribution >= 4 is 29.0 Å². The van der Waals surface area contributed by atoms with E-state index >= 15 is 0 Å². The monoisotopic (exact) mass is 360 g/mol. The molecule has 0 fully saturated rings. The highest BCUT2D eigenvalue weighted by Crippen LogP contribution is 2.23. The molecule has 0 aliphatic carbocycles. The van der Waals surface area contributed by atoms with Crippen LogP contribution in [0.25, 0.3) is 10.6 Å². The van der Waals surface area contributed by atoms with Crippen LogP contribution in [0.4, 0.5) is 10.2 Å². The molecule has 2 heterocycles. The molecule has 2 amide bonds. The predicted octanol–water partition coefficient (Wildman–Crippen LogP) is 2.23. The molecule has 0 aliphatic rings. The second kappa shape index (κ2) is 7.67. The highest BCUT2D eigenvalue weighted by Gasteiger charge is 2.14. The molecule has 0 bridgehead atoms. The minimum atomic E-state index is -0.820. The summed E-state index contributed by atoms with van der Waals surface area (Å²) in [5, 5.41) is 10.9. The number of nitrogens with one attached hydrogen (secondary N) is 2.